The summed E-state index contributed by atoms with van der Waals surface area (Å²) in [6.45, 7) is 11.0. The molecule has 2 aliphatic carbocycles. The third-order valence-corrected chi connectivity index (χ3v) is 7.73. The minimum atomic E-state index is -0.510. The molecule has 8 nitrogen and oxygen atoms in total. The highest BCUT2D eigenvalue weighted by Crippen LogP contribution is 2.43. The van der Waals surface area contributed by atoms with Crippen molar-refractivity contribution in [2.24, 2.45) is 10.8 Å². The number of halogens is 3. The second-order valence-electron chi connectivity index (χ2n) is 13.4. The van der Waals surface area contributed by atoms with Crippen molar-refractivity contribution in [2.45, 2.75) is 41.5 Å². The van der Waals surface area contributed by atoms with E-state index in [0.717, 1.165) is 22.3 Å². The number of nitrogens with one attached hydrogen (secondary N) is 2. The van der Waals surface area contributed by atoms with E-state index in [1.54, 1.807) is 43.5 Å². The highest BCUT2D eigenvalue weighted by Gasteiger charge is 2.32. The zero-order valence-corrected chi connectivity index (χ0v) is 32.9. The number of hydrogen-bond acceptors (Lipinski definition) is 6. The zero-order chi connectivity index (χ0) is 36.4. The Morgan fingerprint density at radius 3 is 1.47 bits per heavy atom. The summed E-state index contributed by atoms with van der Waals surface area (Å²) in [4.78, 5) is 49.4. The molecule has 2 aliphatic rings. The second-order valence-corrected chi connectivity index (χ2v) is 19.9. The van der Waals surface area contributed by atoms with Crippen molar-refractivity contribution in [3.63, 3.8) is 0 Å². The summed E-state index contributed by atoms with van der Waals surface area (Å²) >= 11 is 9.31. The summed E-state index contributed by atoms with van der Waals surface area (Å²) in [6, 6.07) is 21.3. The summed E-state index contributed by atoms with van der Waals surface area (Å²) in [5.74, 6) is 0.0773. The second kappa shape index (κ2) is 15.0. The van der Waals surface area contributed by atoms with Crippen molar-refractivity contribution in [3.05, 3.63) is 95.1 Å². The number of phenolic OH excluding ortho intramolecular Hbond substituents is 1. The number of carbonyl (C=O) groups is 4. The monoisotopic (exact) mass is 852 g/mol. The van der Waals surface area contributed by atoms with Crippen molar-refractivity contribution in [1.82, 2.24) is 0 Å². The van der Waals surface area contributed by atoms with Crippen LogP contribution >= 0.6 is 47.3 Å². The van der Waals surface area contributed by atoms with Gasteiger partial charge in [-0.15, -0.1) is 47.3 Å². The topological polar surface area (TPSA) is 122 Å². The summed E-state index contributed by atoms with van der Waals surface area (Å²) in [6.07, 6.45) is 0. The number of methoxy groups -OCH3 is 1. The van der Waals surface area contributed by atoms with Gasteiger partial charge < -0.3 is 20.5 Å². The van der Waals surface area contributed by atoms with Crippen LogP contribution in [0.5, 0.6) is 11.5 Å². The van der Waals surface area contributed by atoms with Gasteiger partial charge in [0, 0.05) is 33.3 Å². The van der Waals surface area contributed by atoms with Gasteiger partial charge in [0.25, 0.3) is 0 Å². The smallest absolute Gasteiger partial charge is 0.369 e. The maximum absolute atomic E-state index is 12.7. The number of rotatable bonds is 3. The fourth-order valence-corrected chi connectivity index (χ4v) is 5.16. The van der Waals surface area contributed by atoms with E-state index >= 15 is 0 Å². The van der Waals surface area contributed by atoms with E-state index in [-0.39, 0.29) is 32.3 Å². The fourth-order valence-electron chi connectivity index (χ4n) is 5.16. The van der Waals surface area contributed by atoms with Gasteiger partial charge in [0.05, 0.1) is 18.2 Å². The molecule has 0 saturated heterocycles. The first kappa shape index (κ1) is 38.1. The Hall–Kier alpha value is -3.74. The van der Waals surface area contributed by atoms with Gasteiger partial charge in [-0.05, 0) is 58.7 Å². The van der Waals surface area contributed by atoms with E-state index in [0.29, 0.717) is 39.4 Å². The van der Waals surface area contributed by atoms with Crippen LogP contribution in [0.1, 0.15) is 73.4 Å². The maximum atomic E-state index is 12.7. The number of ketones is 2. The molecule has 4 aromatic carbocycles. The first-order chi connectivity index (χ1) is 22.8. The lowest BCUT2D eigenvalue weighted by atomic mass is 9.95. The molecule has 4 aromatic rings. The molecular formula is C37H36BBr3N2O6. The number of aromatic hydroxyl groups is 1. The average molecular weight is 855 g/mol. The number of ether oxygens (including phenoxy) is 1. The quantitative estimate of drug-likeness (QED) is 0.153. The van der Waals surface area contributed by atoms with Crippen molar-refractivity contribution in [1.29, 1.82) is 0 Å². The van der Waals surface area contributed by atoms with E-state index in [2.05, 4.69) is 57.9 Å². The molecule has 0 radical (unpaired) electrons. The van der Waals surface area contributed by atoms with Gasteiger partial charge in [-0.25, -0.2) is 0 Å². The van der Waals surface area contributed by atoms with Crippen LogP contribution in [0.3, 0.4) is 0 Å². The molecule has 12 heteroatoms. The number of phenols is 1. The maximum Gasteiger partial charge on any atom is 0.369 e. The highest BCUT2D eigenvalue weighted by molar-refractivity contribution is 9.69. The molecule has 254 valence electrons. The predicted octanol–water partition coefficient (Wildman–Crippen LogP) is 9.64. The molecule has 0 atom stereocenters. The molecule has 0 aromatic heterocycles. The van der Waals surface area contributed by atoms with Gasteiger partial charge >= 0.3 is 3.18 Å². The van der Waals surface area contributed by atoms with Crippen molar-refractivity contribution >= 4 is 85.2 Å². The molecule has 0 bridgehead atoms. The van der Waals surface area contributed by atoms with Crippen LogP contribution in [-0.2, 0) is 9.59 Å². The molecule has 0 fully saturated rings. The third kappa shape index (κ3) is 8.53. The Labute approximate surface area is 311 Å². The first-order valence-corrected chi connectivity index (χ1v) is 18.0. The molecule has 3 N–H and O–H groups in total. The molecular weight excluding hydrogens is 819 g/mol. The lowest BCUT2D eigenvalue weighted by Gasteiger charge is -2.18. The Morgan fingerprint density at radius 2 is 1.04 bits per heavy atom. The van der Waals surface area contributed by atoms with Crippen molar-refractivity contribution in [2.75, 3.05) is 17.7 Å². The van der Waals surface area contributed by atoms with Gasteiger partial charge in [-0.2, -0.15) is 0 Å². The highest BCUT2D eigenvalue weighted by atomic mass is 79.9. The normalized spacial score (nSPS) is 12.2. The van der Waals surface area contributed by atoms with E-state index in [9.17, 15) is 24.3 Å². The number of anilines is 2. The summed E-state index contributed by atoms with van der Waals surface area (Å²) < 4.78 is 5.58. The molecule has 0 aliphatic heterocycles. The first-order valence-electron chi connectivity index (χ1n) is 15.3. The molecule has 49 heavy (non-hydrogen) atoms. The number of fused-ring (bicyclic) bond motifs is 6. The molecule has 0 saturated carbocycles. The zero-order valence-electron chi connectivity index (χ0n) is 28.1. The van der Waals surface area contributed by atoms with Crippen molar-refractivity contribution in [3.8, 4) is 33.8 Å². The molecule has 6 rings (SSSR count). The van der Waals surface area contributed by atoms with Crippen molar-refractivity contribution < 1.29 is 29.0 Å². The lowest BCUT2D eigenvalue weighted by Crippen LogP contribution is -2.27. The van der Waals surface area contributed by atoms with Gasteiger partial charge in [0.1, 0.15) is 11.5 Å². The Bertz CT molecular complexity index is 1960. The summed E-state index contributed by atoms with van der Waals surface area (Å²) in [5, 5.41) is 15.6. The number of carbonyl (C=O) groups excluding carboxylic acids is 4. The largest absolute Gasteiger partial charge is 0.507 e. The van der Waals surface area contributed by atoms with Gasteiger partial charge in [0.2, 0.25) is 11.8 Å². The Balaban J connectivity index is 0.000000199. The van der Waals surface area contributed by atoms with Crippen LogP contribution in [0.25, 0.3) is 22.3 Å². The average Bonchev–Trinajstić information content (AvgIpc) is 3.47. The SMILES string of the molecule is BrB(Br)Br.CC(C)(C)C(=O)Nc1ccc2c(c1)C(=O)c1c(O)cccc1-2.COc1cccc2c1C(=O)c1cc(NC(=O)C(C)(C)C)ccc1-2. The van der Waals surface area contributed by atoms with Gasteiger partial charge in [-0.3, -0.25) is 19.2 Å². The predicted molar refractivity (Wildman–Crippen MR) is 208 cm³/mol. The fraction of sp³-hybridized carbons (Fsp3) is 0.243. The van der Waals surface area contributed by atoms with Crippen LogP contribution < -0.4 is 15.4 Å². The Morgan fingerprint density at radius 1 is 0.633 bits per heavy atom. The third-order valence-electron chi connectivity index (χ3n) is 7.73. The van der Waals surface area contributed by atoms with Crippen LogP contribution in [0.2, 0.25) is 0 Å². The minimum absolute atomic E-state index is 0.0148. The summed E-state index contributed by atoms with van der Waals surface area (Å²) in [5.41, 5.74) is 5.48. The van der Waals surface area contributed by atoms with E-state index < -0.39 is 10.8 Å². The van der Waals surface area contributed by atoms with Gasteiger partial charge in [-0.1, -0.05) is 77.9 Å². The molecule has 2 amide bonds. The molecule has 0 heterocycles. The molecule has 0 unspecified atom stereocenters. The summed E-state index contributed by atoms with van der Waals surface area (Å²) in [7, 11) is 1.56. The molecule has 0 spiro atoms. The number of benzene rings is 4. The Kier molecular flexibility index (Phi) is 11.7. The standard InChI is InChI=1S/C19H19NO3.C18H17NO3.BBr3/c1-19(2,3)18(22)20-11-8-9-12-13-6-5-7-15(23-4)16(13)17(21)14(12)10-11;1-18(2,3)17(22)19-10-7-8-11-12-5-4-6-14(20)15(12)16(21)13(11)9-10;2-1(3)4/h5-10H,1-4H3,(H,20,22);4-9,20H,1-3H3,(H,19,22);. The van der Waals surface area contributed by atoms with E-state index in [1.807, 2.05) is 71.9 Å². The number of amides is 2. The lowest BCUT2D eigenvalue weighted by molar-refractivity contribution is -0.123. The van der Waals surface area contributed by atoms with E-state index in [4.69, 9.17) is 4.74 Å². The van der Waals surface area contributed by atoms with Crippen LogP contribution in [-0.4, -0.2) is 38.8 Å². The number of hydrogen-bond donors (Lipinski definition) is 3. The van der Waals surface area contributed by atoms with Crippen LogP contribution in [0, 0.1) is 10.8 Å². The minimum Gasteiger partial charge on any atom is -0.507 e. The van der Waals surface area contributed by atoms with Crippen LogP contribution in [0.15, 0.2) is 72.8 Å². The van der Waals surface area contributed by atoms with Crippen LogP contribution in [0.4, 0.5) is 11.4 Å². The van der Waals surface area contributed by atoms with Gasteiger partial charge in [0.15, 0.2) is 11.6 Å². The van der Waals surface area contributed by atoms with E-state index in [1.165, 1.54) is 6.07 Å².